The number of hydrogen-bond acceptors (Lipinski definition) is 1. The van der Waals surface area contributed by atoms with Gasteiger partial charge >= 0.3 is 80.8 Å². The fourth-order valence-corrected chi connectivity index (χ4v) is 2.72. The summed E-state index contributed by atoms with van der Waals surface area (Å²) in [5.74, 6) is 0.949. The standard InChI is InChI=1S/C11H19OP/c1-5-13(3,4)11-8-6-10(12-2)7-9-11/h6-9,13H,5H2,1-4H3. The molecule has 2 heteroatoms. The molecule has 0 fully saturated rings. The normalized spacial score (nSPS) is 12.6. The minimum absolute atomic E-state index is 0.949. The van der Waals surface area contributed by atoms with E-state index in [-0.39, 0.29) is 0 Å². The van der Waals surface area contributed by atoms with E-state index in [2.05, 4.69) is 44.5 Å². The van der Waals surface area contributed by atoms with Gasteiger partial charge in [0.05, 0.1) is 0 Å². The Labute approximate surface area is 81.5 Å². The molecule has 0 saturated heterocycles. The Morgan fingerprint density at radius 3 is 2.08 bits per heavy atom. The SMILES string of the molecule is CC[PH](C)(C)c1ccc(OC)cc1. The van der Waals surface area contributed by atoms with Crippen LogP contribution in [0.5, 0.6) is 5.75 Å². The van der Waals surface area contributed by atoms with Gasteiger partial charge in [-0.05, 0) is 0 Å². The molecule has 0 aliphatic heterocycles. The van der Waals surface area contributed by atoms with Crippen LogP contribution in [0.3, 0.4) is 0 Å². The molecule has 0 atom stereocenters. The van der Waals surface area contributed by atoms with E-state index < -0.39 is 7.26 Å². The van der Waals surface area contributed by atoms with Crippen molar-refractivity contribution in [1.29, 1.82) is 0 Å². The summed E-state index contributed by atoms with van der Waals surface area (Å²) in [6, 6.07) is 8.52. The van der Waals surface area contributed by atoms with Crippen molar-refractivity contribution in [2.24, 2.45) is 0 Å². The molecule has 0 bridgehead atoms. The molecular weight excluding hydrogens is 179 g/mol. The summed E-state index contributed by atoms with van der Waals surface area (Å²) in [6.45, 7) is 7.07. The molecule has 0 spiro atoms. The van der Waals surface area contributed by atoms with Crippen LogP contribution in [-0.4, -0.2) is 26.6 Å². The summed E-state index contributed by atoms with van der Waals surface area (Å²) in [6.07, 6.45) is 1.29. The number of rotatable bonds is 3. The Balaban J connectivity index is 2.92. The molecule has 1 rings (SSSR count). The zero-order valence-electron chi connectivity index (χ0n) is 8.92. The van der Waals surface area contributed by atoms with Crippen LogP contribution >= 0.6 is 7.26 Å². The van der Waals surface area contributed by atoms with Gasteiger partial charge < -0.3 is 0 Å². The first-order chi connectivity index (χ1) is 6.10. The van der Waals surface area contributed by atoms with Crippen molar-refractivity contribution in [2.45, 2.75) is 6.92 Å². The van der Waals surface area contributed by atoms with Gasteiger partial charge in [0.15, 0.2) is 0 Å². The summed E-state index contributed by atoms with van der Waals surface area (Å²) >= 11 is 0. The third kappa shape index (κ3) is 2.45. The molecule has 0 aliphatic carbocycles. The van der Waals surface area contributed by atoms with Crippen molar-refractivity contribution in [2.75, 3.05) is 26.6 Å². The topological polar surface area (TPSA) is 9.23 Å². The van der Waals surface area contributed by atoms with Crippen molar-refractivity contribution < 1.29 is 4.74 Å². The summed E-state index contributed by atoms with van der Waals surface area (Å²) < 4.78 is 5.13. The van der Waals surface area contributed by atoms with Gasteiger partial charge in [-0.25, -0.2) is 0 Å². The molecule has 1 aromatic carbocycles. The van der Waals surface area contributed by atoms with Crippen LogP contribution in [0.1, 0.15) is 6.92 Å². The zero-order chi connectivity index (χ0) is 9.90. The molecule has 74 valence electrons. The van der Waals surface area contributed by atoms with E-state index in [1.807, 2.05) is 0 Å². The maximum absolute atomic E-state index is 5.13. The van der Waals surface area contributed by atoms with Gasteiger partial charge in [0.25, 0.3) is 0 Å². The van der Waals surface area contributed by atoms with E-state index in [0.717, 1.165) is 5.75 Å². The van der Waals surface area contributed by atoms with Crippen molar-refractivity contribution in [3.63, 3.8) is 0 Å². The van der Waals surface area contributed by atoms with Gasteiger partial charge in [-0.3, -0.25) is 0 Å². The number of methoxy groups -OCH3 is 1. The quantitative estimate of drug-likeness (QED) is 0.677. The van der Waals surface area contributed by atoms with E-state index >= 15 is 0 Å². The van der Waals surface area contributed by atoms with Crippen molar-refractivity contribution in [3.05, 3.63) is 24.3 Å². The van der Waals surface area contributed by atoms with E-state index in [0.29, 0.717) is 0 Å². The molecule has 0 aromatic heterocycles. The molecule has 1 aromatic rings. The fraction of sp³-hybridized carbons (Fsp3) is 0.455. The maximum atomic E-state index is 5.13. The van der Waals surface area contributed by atoms with E-state index in [4.69, 9.17) is 4.74 Å². The van der Waals surface area contributed by atoms with Crippen LogP contribution in [-0.2, 0) is 0 Å². The molecule has 1 nitrogen and oxygen atoms in total. The Bertz CT molecular complexity index is 264. The predicted molar refractivity (Wildman–Crippen MR) is 63.3 cm³/mol. The first-order valence-corrected chi connectivity index (χ1v) is 7.95. The summed E-state index contributed by atoms with van der Waals surface area (Å²) in [4.78, 5) is 0. The Morgan fingerprint density at radius 1 is 1.15 bits per heavy atom. The first kappa shape index (κ1) is 10.5. The Kier molecular flexibility index (Phi) is 3.33. The van der Waals surface area contributed by atoms with Crippen LogP contribution in [0.15, 0.2) is 24.3 Å². The van der Waals surface area contributed by atoms with Crippen LogP contribution in [0, 0.1) is 0 Å². The van der Waals surface area contributed by atoms with Gasteiger partial charge in [0.1, 0.15) is 0 Å². The van der Waals surface area contributed by atoms with Gasteiger partial charge in [-0.1, -0.05) is 0 Å². The van der Waals surface area contributed by atoms with E-state index in [9.17, 15) is 0 Å². The van der Waals surface area contributed by atoms with Gasteiger partial charge in [0, 0.05) is 0 Å². The van der Waals surface area contributed by atoms with Crippen LogP contribution in [0.4, 0.5) is 0 Å². The Morgan fingerprint density at radius 2 is 1.69 bits per heavy atom. The van der Waals surface area contributed by atoms with Crippen LogP contribution in [0.2, 0.25) is 0 Å². The number of ether oxygens (including phenoxy) is 1. The van der Waals surface area contributed by atoms with Gasteiger partial charge in [-0.2, -0.15) is 0 Å². The molecule has 0 unspecified atom stereocenters. The molecule has 13 heavy (non-hydrogen) atoms. The predicted octanol–water partition coefficient (Wildman–Crippen LogP) is 2.35. The second kappa shape index (κ2) is 4.11. The van der Waals surface area contributed by atoms with Crippen LogP contribution in [0.25, 0.3) is 0 Å². The monoisotopic (exact) mass is 198 g/mol. The summed E-state index contributed by atoms with van der Waals surface area (Å²) in [5, 5.41) is 1.51. The van der Waals surface area contributed by atoms with E-state index in [1.54, 1.807) is 7.11 Å². The molecule has 0 aliphatic rings. The third-order valence-corrected chi connectivity index (χ3v) is 6.42. The number of hydrogen-bond donors (Lipinski definition) is 0. The second-order valence-electron chi connectivity index (χ2n) is 3.97. The molecular formula is C11H19OP. The first-order valence-electron chi connectivity index (χ1n) is 4.74. The fourth-order valence-electron chi connectivity index (χ4n) is 1.25. The van der Waals surface area contributed by atoms with Crippen LogP contribution < -0.4 is 10.0 Å². The average Bonchev–Trinajstić information content (AvgIpc) is 2.18. The molecule has 0 heterocycles. The zero-order valence-corrected chi connectivity index (χ0v) is 9.92. The average molecular weight is 198 g/mol. The molecule has 0 amide bonds. The minimum atomic E-state index is -1.14. The van der Waals surface area contributed by atoms with Crippen molar-refractivity contribution >= 4 is 12.6 Å². The van der Waals surface area contributed by atoms with Crippen molar-refractivity contribution in [1.82, 2.24) is 0 Å². The molecule has 0 radical (unpaired) electrons. The number of benzene rings is 1. The van der Waals surface area contributed by atoms with Crippen molar-refractivity contribution in [3.8, 4) is 5.75 Å². The van der Waals surface area contributed by atoms with Gasteiger partial charge in [-0.15, -0.1) is 0 Å². The summed E-state index contributed by atoms with van der Waals surface area (Å²) in [5.41, 5.74) is 0. The molecule has 0 N–H and O–H groups in total. The molecule has 0 saturated carbocycles. The van der Waals surface area contributed by atoms with E-state index in [1.165, 1.54) is 11.5 Å². The summed E-state index contributed by atoms with van der Waals surface area (Å²) in [7, 11) is 0.561. The Hall–Kier alpha value is -0.550. The third-order valence-electron chi connectivity index (χ3n) is 2.76. The second-order valence-corrected chi connectivity index (χ2v) is 9.02. The van der Waals surface area contributed by atoms with Gasteiger partial charge in [0.2, 0.25) is 0 Å².